The van der Waals surface area contributed by atoms with Crippen LogP contribution in [0.25, 0.3) is 0 Å². The molecule has 1 N–H and O–H groups in total. The van der Waals surface area contributed by atoms with Crippen molar-refractivity contribution in [2.75, 3.05) is 34.4 Å². The molecule has 5 heteroatoms. The highest BCUT2D eigenvalue weighted by Crippen LogP contribution is 2.20. The Hall–Kier alpha value is -1.59. The van der Waals surface area contributed by atoms with E-state index in [1.807, 2.05) is 36.2 Å². The first kappa shape index (κ1) is 16.5. The van der Waals surface area contributed by atoms with Crippen molar-refractivity contribution in [1.29, 1.82) is 0 Å². The number of nitrogens with zero attached hydrogens (tertiary/aromatic N) is 1. The number of aliphatic hydroxyl groups is 1. The van der Waals surface area contributed by atoms with E-state index in [9.17, 15) is 9.90 Å². The fourth-order valence-electron chi connectivity index (χ4n) is 1.83. The standard InChI is InChI=1S/C15H23NO4/c1-16(11-9-15(18)20-3)10-8-14(17)12-4-6-13(19-2)7-5-12/h4-7,14,17H,8-11H2,1-3H3. The van der Waals surface area contributed by atoms with Crippen molar-refractivity contribution in [3.05, 3.63) is 29.8 Å². The maximum absolute atomic E-state index is 11.0. The molecule has 0 aliphatic heterocycles. The normalized spacial score (nSPS) is 12.2. The van der Waals surface area contributed by atoms with E-state index in [2.05, 4.69) is 4.74 Å². The summed E-state index contributed by atoms with van der Waals surface area (Å²) >= 11 is 0. The quantitative estimate of drug-likeness (QED) is 0.734. The fraction of sp³-hybridized carbons (Fsp3) is 0.533. The molecule has 0 saturated carbocycles. The van der Waals surface area contributed by atoms with Gasteiger partial charge in [0.2, 0.25) is 0 Å². The molecule has 1 rings (SSSR count). The Bertz CT molecular complexity index is 405. The molecule has 0 aromatic heterocycles. The molecular weight excluding hydrogens is 258 g/mol. The maximum Gasteiger partial charge on any atom is 0.306 e. The van der Waals surface area contributed by atoms with Gasteiger partial charge in [-0.2, -0.15) is 0 Å². The van der Waals surface area contributed by atoms with Crippen LogP contribution in [0.1, 0.15) is 24.5 Å². The molecule has 0 fully saturated rings. The van der Waals surface area contributed by atoms with E-state index >= 15 is 0 Å². The highest BCUT2D eigenvalue weighted by Gasteiger charge is 2.10. The molecular formula is C15H23NO4. The first-order valence-corrected chi connectivity index (χ1v) is 6.64. The number of esters is 1. The van der Waals surface area contributed by atoms with Gasteiger partial charge in [0.05, 0.1) is 26.7 Å². The predicted octanol–water partition coefficient (Wildman–Crippen LogP) is 1.61. The monoisotopic (exact) mass is 281 g/mol. The first-order chi connectivity index (χ1) is 9.56. The molecule has 1 aromatic rings. The Morgan fingerprint density at radius 2 is 1.90 bits per heavy atom. The molecule has 5 nitrogen and oxygen atoms in total. The zero-order chi connectivity index (χ0) is 15.0. The number of carbonyl (C=O) groups excluding carboxylic acids is 1. The third-order valence-electron chi connectivity index (χ3n) is 3.21. The third kappa shape index (κ3) is 5.59. The number of aliphatic hydroxyl groups excluding tert-OH is 1. The van der Waals surface area contributed by atoms with E-state index in [1.165, 1.54) is 7.11 Å². The van der Waals surface area contributed by atoms with Gasteiger partial charge in [0.25, 0.3) is 0 Å². The van der Waals surface area contributed by atoms with E-state index in [0.717, 1.165) is 11.3 Å². The summed E-state index contributed by atoms with van der Waals surface area (Å²) in [4.78, 5) is 13.0. The molecule has 0 radical (unpaired) electrons. The fourth-order valence-corrected chi connectivity index (χ4v) is 1.83. The van der Waals surface area contributed by atoms with Gasteiger partial charge in [0.15, 0.2) is 0 Å². The topological polar surface area (TPSA) is 59.0 Å². The minimum Gasteiger partial charge on any atom is -0.497 e. The Morgan fingerprint density at radius 1 is 1.25 bits per heavy atom. The minimum atomic E-state index is -0.513. The van der Waals surface area contributed by atoms with Crippen molar-refractivity contribution in [1.82, 2.24) is 4.90 Å². The van der Waals surface area contributed by atoms with Gasteiger partial charge in [-0.1, -0.05) is 12.1 Å². The Balaban J connectivity index is 2.34. The van der Waals surface area contributed by atoms with Crippen molar-refractivity contribution in [3.63, 3.8) is 0 Å². The smallest absolute Gasteiger partial charge is 0.306 e. The van der Waals surface area contributed by atoms with Crippen LogP contribution in [-0.2, 0) is 9.53 Å². The number of ether oxygens (including phenoxy) is 2. The van der Waals surface area contributed by atoms with Crippen molar-refractivity contribution >= 4 is 5.97 Å². The average molecular weight is 281 g/mol. The van der Waals surface area contributed by atoms with Crippen LogP contribution in [0.2, 0.25) is 0 Å². The summed E-state index contributed by atoms with van der Waals surface area (Å²) in [7, 11) is 4.92. The highest BCUT2D eigenvalue weighted by molar-refractivity contribution is 5.69. The average Bonchev–Trinajstić information content (AvgIpc) is 2.50. The largest absolute Gasteiger partial charge is 0.497 e. The lowest BCUT2D eigenvalue weighted by molar-refractivity contribution is -0.140. The van der Waals surface area contributed by atoms with Gasteiger partial charge in [-0.3, -0.25) is 4.79 Å². The molecule has 1 atom stereocenters. The third-order valence-corrected chi connectivity index (χ3v) is 3.21. The summed E-state index contributed by atoms with van der Waals surface area (Å²) in [6.07, 6.45) is 0.469. The Morgan fingerprint density at radius 3 is 2.45 bits per heavy atom. The van der Waals surface area contributed by atoms with Crippen molar-refractivity contribution in [2.24, 2.45) is 0 Å². The molecule has 112 valence electrons. The second-order valence-electron chi connectivity index (χ2n) is 4.71. The van der Waals surface area contributed by atoms with Crippen LogP contribution < -0.4 is 4.74 Å². The van der Waals surface area contributed by atoms with E-state index < -0.39 is 6.10 Å². The number of methoxy groups -OCH3 is 2. The molecule has 1 unspecified atom stereocenters. The maximum atomic E-state index is 11.0. The molecule has 20 heavy (non-hydrogen) atoms. The van der Waals surface area contributed by atoms with Gasteiger partial charge < -0.3 is 19.5 Å². The lowest BCUT2D eigenvalue weighted by atomic mass is 10.1. The van der Waals surface area contributed by atoms with Gasteiger partial charge in [-0.05, 0) is 31.2 Å². The van der Waals surface area contributed by atoms with Gasteiger partial charge in [0.1, 0.15) is 5.75 Å². The van der Waals surface area contributed by atoms with E-state index in [0.29, 0.717) is 25.9 Å². The van der Waals surface area contributed by atoms with E-state index in [4.69, 9.17) is 4.74 Å². The number of benzene rings is 1. The van der Waals surface area contributed by atoms with Crippen LogP contribution in [0.3, 0.4) is 0 Å². The summed E-state index contributed by atoms with van der Waals surface area (Å²) in [5.74, 6) is 0.559. The van der Waals surface area contributed by atoms with Crippen LogP contribution >= 0.6 is 0 Å². The van der Waals surface area contributed by atoms with Gasteiger partial charge in [-0.15, -0.1) is 0 Å². The summed E-state index contributed by atoms with van der Waals surface area (Å²) in [6.45, 7) is 1.34. The van der Waals surface area contributed by atoms with Crippen LogP contribution in [0.15, 0.2) is 24.3 Å². The number of rotatable bonds is 8. The summed E-state index contributed by atoms with van der Waals surface area (Å²) in [5.41, 5.74) is 0.868. The molecule has 0 aliphatic rings. The molecule has 0 amide bonds. The van der Waals surface area contributed by atoms with Gasteiger partial charge >= 0.3 is 5.97 Å². The molecule has 0 spiro atoms. The van der Waals surface area contributed by atoms with Gasteiger partial charge in [-0.25, -0.2) is 0 Å². The highest BCUT2D eigenvalue weighted by atomic mass is 16.5. The van der Waals surface area contributed by atoms with Crippen LogP contribution in [-0.4, -0.2) is 50.3 Å². The van der Waals surface area contributed by atoms with Crippen molar-refractivity contribution < 1.29 is 19.4 Å². The van der Waals surface area contributed by atoms with E-state index in [-0.39, 0.29) is 5.97 Å². The zero-order valence-electron chi connectivity index (χ0n) is 12.3. The van der Waals surface area contributed by atoms with Crippen LogP contribution in [0.5, 0.6) is 5.75 Å². The number of hydrogen-bond donors (Lipinski definition) is 1. The molecule has 0 aliphatic carbocycles. The number of hydrogen-bond acceptors (Lipinski definition) is 5. The zero-order valence-corrected chi connectivity index (χ0v) is 12.3. The van der Waals surface area contributed by atoms with E-state index in [1.54, 1.807) is 7.11 Å². The summed E-state index contributed by atoms with van der Waals surface area (Å²) in [6, 6.07) is 7.38. The van der Waals surface area contributed by atoms with Crippen LogP contribution in [0, 0.1) is 0 Å². The predicted molar refractivity (Wildman–Crippen MR) is 76.7 cm³/mol. The lowest BCUT2D eigenvalue weighted by Crippen LogP contribution is -2.24. The van der Waals surface area contributed by atoms with Crippen molar-refractivity contribution in [3.8, 4) is 5.75 Å². The van der Waals surface area contributed by atoms with Crippen molar-refractivity contribution in [2.45, 2.75) is 18.9 Å². The Kier molecular flexibility index (Phi) is 7.04. The molecule has 0 heterocycles. The second-order valence-corrected chi connectivity index (χ2v) is 4.71. The molecule has 1 aromatic carbocycles. The minimum absolute atomic E-state index is 0.215. The Labute approximate surface area is 120 Å². The van der Waals surface area contributed by atoms with Crippen LogP contribution in [0.4, 0.5) is 0 Å². The molecule has 0 bridgehead atoms. The molecule has 0 saturated heterocycles. The summed E-state index contributed by atoms with van der Waals surface area (Å²) in [5, 5.41) is 10.1. The van der Waals surface area contributed by atoms with Gasteiger partial charge in [0, 0.05) is 13.1 Å². The first-order valence-electron chi connectivity index (χ1n) is 6.64. The second kappa shape index (κ2) is 8.55. The lowest BCUT2D eigenvalue weighted by Gasteiger charge is -2.18. The number of carbonyl (C=O) groups is 1. The SMILES string of the molecule is COC(=O)CCN(C)CCC(O)c1ccc(OC)cc1. The summed E-state index contributed by atoms with van der Waals surface area (Å²) < 4.78 is 9.67.